The van der Waals surface area contributed by atoms with Crippen molar-refractivity contribution in [2.24, 2.45) is 0 Å². The predicted molar refractivity (Wildman–Crippen MR) is 70.2 cm³/mol. The zero-order chi connectivity index (χ0) is 15.3. The van der Waals surface area contributed by atoms with E-state index in [9.17, 15) is 18.4 Å². The normalized spacial score (nSPS) is 20.5. The highest BCUT2D eigenvalue weighted by molar-refractivity contribution is 5.94. The van der Waals surface area contributed by atoms with Crippen LogP contribution in [0.3, 0.4) is 0 Å². The molecule has 2 aromatic rings. The summed E-state index contributed by atoms with van der Waals surface area (Å²) in [6.45, 7) is 0. The lowest BCUT2D eigenvalue weighted by atomic mass is 10.1. The number of aromatic nitrogens is 1. The van der Waals surface area contributed by atoms with Crippen LogP contribution in [-0.4, -0.2) is 28.9 Å². The summed E-state index contributed by atoms with van der Waals surface area (Å²) in [4.78, 5) is 23.3. The molecule has 1 aromatic heterocycles. The Hall–Kier alpha value is -2.44. The van der Waals surface area contributed by atoms with Gasteiger partial charge in [-0.1, -0.05) is 6.07 Å². The molecule has 0 amide bonds. The van der Waals surface area contributed by atoms with Crippen molar-refractivity contribution >= 4 is 16.9 Å². The van der Waals surface area contributed by atoms with Crippen LogP contribution in [0.5, 0.6) is 5.75 Å². The topological polar surface area (TPSA) is 68.5 Å². The first kappa shape index (κ1) is 13.5. The van der Waals surface area contributed by atoms with Gasteiger partial charge >= 0.3 is 5.97 Å². The SMILES string of the molecule is COc1cccc2c(=O)c(C(=O)O)c(F)n([C@@H]3C[C@@H]3F)c12. The van der Waals surface area contributed by atoms with Crippen LogP contribution in [0.1, 0.15) is 22.8 Å². The van der Waals surface area contributed by atoms with E-state index in [4.69, 9.17) is 9.84 Å². The van der Waals surface area contributed by atoms with Gasteiger partial charge in [0.2, 0.25) is 11.4 Å². The molecule has 0 saturated heterocycles. The van der Waals surface area contributed by atoms with Crippen molar-refractivity contribution in [2.45, 2.75) is 18.6 Å². The molecular formula is C14H11F2NO4. The van der Waals surface area contributed by atoms with Crippen LogP contribution in [0.25, 0.3) is 10.9 Å². The molecule has 21 heavy (non-hydrogen) atoms. The first-order chi connectivity index (χ1) is 9.97. The van der Waals surface area contributed by atoms with Crippen LogP contribution in [-0.2, 0) is 0 Å². The minimum atomic E-state index is -1.67. The van der Waals surface area contributed by atoms with Crippen molar-refractivity contribution in [1.29, 1.82) is 0 Å². The largest absolute Gasteiger partial charge is 0.495 e. The number of nitrogens with zero attached hydrogens (tertiary/aromatic N) is 1. The summed E-state index contributed by atoms with van der Waals surface area (Å²) in [6.07, 6.45) is -1.19. The Bertz CT molecular complexity index is 815. The van der Waals surface area contributed by atoms with Gasteiger partial charge in [0.05, 0.1) is 24.1 Å². The average Bonchev–Trinajstić information content (AvgIpc) is 3.14. The molecule has 1 aliphatic carbocycles. The van der Waals surface area contributed by atoms with Gasteiger partial charge in [-0.05, 0) is 12.1 Å². The van der Waals surface area contributed by atoms with Crippen LogP contribution in [0.2, 0.25) is 0 Å². The fraction of sp³-hybridized carbons (Fsp3) is 0.286. The van der Waals surface area contributed by atoms with E-state index in [1.165, 1.54) is 25.3 Å². The molecule has 1 heterocycles. The molecule has 0 aliphatic heterocycles. The van der Waals surface area contributed by atoms with Gasteiger partial charge in [0.25, 0.3) is 0 Å². The minimum Gasteiger partial charge on any atom is -0.495 e. The van der Waals surface area contributed by atoms with Crippen LogP contribution < -0.4 is 10.2 Å². The van der Waals surface area contributed by atoms with E-state index in [2.05, 4.69) is 0 Å². The molecule has 0 bridgehead atoms. The Morgan fingerprint density at radius 1 is 1.48 bits per heavy atom. The van der Waals surface area contributed by atoms with Crippen LogP contribution in [0, 0.1) is 5.95 Å². The number of hydrogen-bond donors (Lipinski definition) is 1. The summed E-state index contributed by atoms with van der Waals surface area (Å²) in [5, 5.41) is 9.04. The summed E-state index contributed by atoms with van der Waals surface area (Å²) in [6, 6.07) is 3.56. The number of benzene rings is 1. The van der Waals surface area contributed by atoms with Crippen molar-refractivity contribution in [3.05, 3.63) is 39.9 Å². The van der Waals surface area contributed by atoms with Gasteiger partial charge < -0.3 is 14.4 Å². The highest BCUT2D eigenvalue weighted by Crippen LogP contribution is 2.43. The molecule has 110 valence electrons. The molecule has 1 aromatic carbocycles. The maximum absolute atomic E-state index is 14.5. The second kappa shape index (κ2) is 4.54. The molecule has 1 fully saturated rings. The first-order valence-electron chi connectivity index (χ1n) is 6.25. The Labute approximate surface area is 117 Å². The molecule has 1 N–H and O–H groups in total. The highest BCUT2D eigenvalue weighted by Gasteiger charge is 2.42. The van der Waals surface area contributed by atoms with Crippen LogP contribution >= 0.6 is 0 Å². The van der Waals surface area contributed by atoms with Crippen molar-refractivity contribution in [1.82, 2.24) is 4.57 Å². The lowest BCUT2D eigenvalue weighted by Gasteiger charge is -2.15. The number of hydrogen-bond acceptors (Lipinski definition) is 3. The number of ether oxygens (including phenoxy) is 1. The quantitative estimate of drug-likeness (QED) is 0.881. The summed E-state index contributed by atoms with van der Waals surface area (Å²) in [5.41, 5.74) is -1.84. The Balaban J connectivity index is 2.51. The monoisotopic (exact) mass is 295 g/mol. The number of carboxylic acid groups (broad SMARTS) is 1. The number of para-hydroxylation sites is 1. The van der Waals surface area contributed by atoms with Gasteiger partial charge in [-0.15, -0.1) is 0 Å². The third kappa shape index (κ3) is 1.88. The molecule has 1 aliphatic rings. The Kier molecular flexibility index (Phi) is 2.93. The van der Waals surface area contributed by atoms with E-state index in [0.717, 1.165) is 4.57 Å². The van der Waals surface area contributed by atoms with E-state index in [1.807, 2.05) is 0 Å². The molecule has 1 saturated carbocycles. The van der Waals surface area contributed by atoms with Gasteiger partial charge in [0.1, 0.15) is 11.9 Å². The number of halogens is 2. The lowest BCUT2D eigenvalue weighted by Crippen LogP contribution is -2.24. The number of carbonyl (C=O) groups is 1. The summed E-state index contributed by atoms with van der Waals surface area (Å²) in [7, 11) is 1.34. The molecule has 7 heteroatoms. The summed E-state index contributed by atoms with van der Waals surface area (Å²) in [5.74, 6) is -2.72. The number of aromatic carboxylic acids is 1. The smallest absolute Gasteiger partial charge is 0.344 e. The fourth-order valence-electron chi connectivity index (χ4n) is 2.48. The number of pyridine rings is 1. The fourth-order valence-corrected chi connectivity index (χ4v) is 2.48. The first-order valence-corrected chi connectivity index (χ1v) is 6.25. The minimum absolute atomic E-state index is 0.00718. The molecule has 0 spiro atoms. The van der Waals surface area contributed by atoms with Crippen LogP contribution in [0.15, 0.2) is 23.0 Å². The van der Waals surface area contributed by atoms with Gasteiger partial charge in [-0.25, -0.2) is 9.18 Å². The number of methoxy groups -OCH3 is 1. The third-order valence-electron chi connectivity index (χ3n) is 3.58. The van der Waals surface area contributed by atoms with E-state index in [-0.39, 0.29) is 23.1 Å². The number of rotatable bonds is 3. The lowest BCUT2D eigenvalue weighted by molar-refractivity contribution is 0.0688. The number of alkyl halides is 1. The molecule has 0 unspecified atom stereocenters. The number of carboxylic acids is 1. The zero-order valence-corrected chi connectivity index (χ0v) is 11.0. The maximum Gasteiger partial charge on any atom is 0.344 e. The Morgan fingerprint density at radius 2 is 2.14 bits per heavy atom. The van der Waals surface area contributed by atoms with Crippen molar-refractivity contribution < 1.29 is 23.4 Å². The Morgan fingerprint density at radius 3 is 2.67 bits per heavy atom. The second-order valence-corrected chi connectivity index (χ2v) is 4.85. The third-order valence-corrected chi connectivity index (χ3v) is 3.58. The van der Waals surface area contributed by atoms with E-state index < -0.39 is 35.1 Å². The molecule has 0 radical (unpaired) electrons. The van der Waals surface area contributed by atoms with Gasteiger partial charge in [-0.2, -0.15) is 4.39 Å². The highest BCUT2D eigenvalue weighted by atomic mass is 19.1. The number of fused-ring (bicyclic) bond motifs is 1. The second-order valence-electron chi connectivity index (χ2n) is 4.85. The molecular weight excluding hydrogens is 284 g/mol. The summed E-state index contributed by atoms with van der Waals surface area (Å²) >= 11 is 0. The molecule has 2 atom stereocenters. The van der Waals surface area contributed by atoms with Crippen molar-refractivity contribution in [3.63, 3.8) is 0 Å². The van der Waals surface area contributed by atoms with E-state index >= 15 is 0 Å². The van der Waals surface area contributed by atoms with Gasteiger partial charge in [0.15, 0.2) is 5.56 Å². The van der Waals surface area contributed by atoms with Crippen LogP contribution in [0.4, 0.5) is 8.78 Å². The predicted octanol–water partition coefficient (Wildman–Crippen LogP) is 2.13. The maximum atomic E-state index is 14.5. The average molecular weight is 295 g/mol. The molecule has 3 rings (SSSR count). The summed E-state index contributed by atoms with van der Waals surface area (Å²) < 4.78 is 33.9. The van der Waals surface area contributed by atoms with E-state index in [1.54, 1.807) is 0 Å². The van der Waals surface area contributed by atoms with Gasteiger partial charge in [-0.3, -0.25) is 4.79 Å². The van der Waals surface area contributed by atoms with Crippen molar-refractivity contribution in [2.75, 3.05) is 7.11 Å². The standard InChI is InChI=1S/C14H11F2NO4/c1-21-9-4-2-3-6-11(9)17(8-5-7(8)15)13(16)10(12(6)18)14(19)20/h2-4,7-8H,5H2,1H3,(H,19,20)/t7-,8+/m0/s1. The van der Waals surface area contributed by atoms with Gasteiger partial charge in [0, 0.05) is 6.42 Å². The van der Waals surface area contributed by atoms with E-state index in [0.29, 0.717) is 0 Å². The van der Waals surface area contributed by atoms with Crippen molar-refractivity contribution in [3.8, 4) is 5.75 Å². The zero-order valence-electron chi connectivity index (χ0n) is 11.0. The molecule has 5 nitrogen and oxygen atoms in total.